The normalized spacial score (nSPS) is 17.2. The molecule has 0 bridgehead atoms. The number of halogens is 3. The maximum absolute atomic E-state index is 12.9. The Bertz CT molecular complexity index is 1320. The van der Waals surface area contributed by atoms with Crippen LogP contribution in [0.2, 0.25) is 15.1 Å². The van der Waals surface area contributed by atoms with Crippen LogP contribution < -0.4 is 10.9 Å². The van der Waals surface area contributed by atoms with Crippen molar-refractivity contribution >= 4 is 46.7 Å². The Balaban J connectivity index is 1.59. The summed E-state index contributed by atoms with van der Waals surface area (Å²) in [5.41, 5.74) is 2.54. The molecule has 0 radical (unpaired) electrons. The molecule has 0 spiro atoms. The van der Waals surface area contributed by atoms with Gasteiger partial charge in [-0.25, -0.2) is 10.2 Å². The van der Waals surface area contributed by atoms with Crippen molar-refractivity contribution in [3.05, 3.63) is 79.5 Å². The minimum atomic E-state index is -0.824. The minimum Gasteiger partial charge on any atom is -0.481 e. The lowest BCUT2D eigenvalue weighted by Crippen LogP contribution is -2.33. The summed E-state index contributed by atoms with van der Waals surface area (Å²) < 4.78 is 1.33. The van der Waals surface area contributed by atoms with E-state index in [1.54, 1.807) is 24.3 Å². The van der Waals surface area contributed by atoms with E-state index < -0.39 is 23.0 Å². The van der Waals surface area contributed by atoms with Gasteiger partial charge in [-0.3, -0.25) is 19.2 Å². The van der Waals surface area contributed by atoms with Crippen LogP contribution in [0, 0.1) is 11.8 Å². The van der Waals surface area contributed by atoms with E-state index in [2.05, 4.69) is 10.6 Å². The minimum absolute atomic E-state index is 0.0973. The average molecular weight is 551 g/mol. The van der Waals surface area contributed by atoms with E-state index in [0.717, 1.165) is 12.8 Å². The highest BCUT2D eigenvalue weighted by Crippen LogP contribution is 2.35. The molecule has 1 aliphatic rings. The molecule has 2 aromatic carbocycles. The van der Waals surface area contributed by atoms with Gasteiger partial charge in [-0.05, 0) is 43.2 Å². The van der Waals surface area contributed by atoms with Crippen LogP contribution in [0.1, 0.15) is 36.2 Å². The number of hydroxylamine groups is 1. The lowest BCUT2D eigenvalue weighted by Gasteiger charge is -2.17. The van der Waals surface area contributed by atoms with Gasteiger partial charge in [0.15, 0.2) is 5.69 Å². The van der Waals surface area contributed by atoms with Crippen LogP contribution in [0.3, 0.4) is 0 Å². The van der Waals surface area contributed by atoms with E-state index in [9.17, 15) is 14.4 Å². The molecule has 8 nitrogen and oxygen atoms in total. The van der Waals surface area contributed by atoms with Gasteiger partial charge < -0.3 is 5.11 Å². The number of hydrogen-bond donors (Lipinski definition) is 2. The molecule has 4 rings (SSSR count). The molecule has 2 N–H and O–H groups in total. The van der Waals surface area contributed by atoms with E-state index in [4.69, 9.17) is 44.7 Å². The average Bonchev–Trinajstić information content (AvgIpc) is 3.26. The van der Waals surface area contributed by atoms with E-state index in [0.29, 0.717) is 22.7 Å². The van der Waals surface area contributed by atoms with Gasteiger partial charge in [-0.2, -0.15) is 5.10 Å². The Morgan fingerprint density at radius 1 is 1.06 bits per heavy atom. The van der Waals surface area contributed by atoms with Crippen LogP contribution in [-0.4, -0.2) is 33.4 Å². The third-order valence-electron chi connectivity index (χ3n) is 6.00. The van der Waals surface area contributed by atoms with Gasteiger partial charge in [-0.1, -0.05) is 65.1 Å². The van der Waals surface area contributed by atoms with E-state index in [1.807, 2.05) is 6.07 Å². The Morgan fingerprint density at radius 2 is 1.72 bits per heavy atom. The number of nitrogens with one attached hydrogen (secondary N) is 1. The number of aromatic nitrogens is 2. The number of carbonyl (C=O) groups excluding carboxylic acids is 1. The molecule has 2 unspecified atom stereocenters. The Labute approximate surface area is 221 Å². The first-order chi connectivity index (χ1) is 17.2. The van der Waals surface area contributed by atoms with Crippen molar-refractivity contribution in [1.82, 2.24) is 15.3 Å². The number of nitrogens with zero attached hydrogens (tertiary/aromatic N) is 2. The molecule has 1 saturated carbocycles. The standard InChI is InChI=1S/C25H22Cl3N3O5/c26-17-10-18(27)24(19(28)11-17)31-20(16-4-2-1-3-5-16)12-21(32)23(29-31)25(35)30-36-13-15-7-6-14(8-15)9-22(33)34/h1-5,10-12,14-15H,6-9,13H2,(H,30,35)(H,33,34). The van der Waals surface area contributed by atoms with Gasteiger partial charge in [0.1, 0.15) is 5.69 Å². The van der Waals surface area contributed by atoms with Crippen molar-refractivity contribution in [3.8, 4) is 16.9 Å². The van der Waals surface area contributed by atoms with Gasteiger partial charge in [-0.15, -0.1) is 0 Å². The Hall–Kier alpha value is -2.91. The highest BCUT2D eigenvalue weighted by molar-refractivity contribution is 6.40. The quantitative estimate of drug-likeness (QED) is 0.363. The summed E-state index contributed by atoms with van der Waals surface area (Å²) in [4.78, 5) is 42.0. The zero-order chi connectivity index (χ0) is 25.8. The number of carboxylic acids is 1. The molecule has 11 heteroatoms. The van der Waals surface area contributed by atoms with E-state index in [1.165, 1.54) is 22.9 Å². The summed E-state index contributed by atoms with van der Waals surface area (Å²) in [5.74, 6) is -1.43. The van der Waals surface area contributed by atoms with Gasteiger partial charge in [0.25, 0.3) is 5.91 Å². The summed E-state index contributed by atoms with van der Waals surface area (Å²) in [6.07, 6.45) is 2.42. The SMILES string of the molecule is O=C(O)CC1CCC(CONC(=O)c2nn(-c3c(Cl)cc(Cl)cc3Cl)c(-c3ccccc3)cc2=O)C1. The zero-order valence-corrected chi connectivity index (χ0v) is 21.2. The Morgan fingerprint density at radius 3 is 2.39 bits per heavy atom. The van der Waals surface area contributed by atoms with Gasteiger partial charge in [0, 0.05) is 23.1 Å². The fourth-order valence-electron chi connectivity index (χ4n) is 4.37. The first-order valence-corrected chi connectivity index (χ1v) is 12.3. The maximum atomic E-state index is 12.9. The summed E-state index contributed by atoms with van der Waals surface area (Å²) in [5, 5.41) is 13.9. The highest BCUT2D eigenvalue weighted by Gasteiger charge is 2.27. The predicted molar refractivity (Wildman–Crippen MR) is 137 cm³/mol. The number of carboxylic acid groups (broad SMARTS) is 1. The monoisotopic (exact) mass is 549 g/mol. The fraction of sp³-hybridized carbons (Fsp3) is 0.280. The molecule has 0 saturated heterocycles. The second-order valence-electron chi connectivity index (χ2n) is 8.62. The lowest BCUT2D eigenvalue weighted by molar-refractivity contribution is -0.138. The van der Waals surface area contributed by atoms with Crippen LogP contribution in [0.4, 0.5) is 0 Å². The maximum Gasteiger partial charge on any atom is 0.303 e. The largest absolute Gasteiger partial charge is 0.481 e. The van der Waals surface area contributed by atoms with E-state index in [-0.39, 0.29) is 40.6 Å². The molecule has 1 aliphatic carbocycles. The molecule has 1 fully saturated rings. The van der Waals surface area contributed by atoms with Gasteiger partial charge in [0.05, 0.1) is 22.3 Å². The smallest absolute Gasteiger partial charge is 0.303 e. The molecular formula is C25H22Cl3N3O5. The van der Waals surface area contributed by atoms with Crippen molar-refractivity contribution in [3.63, 3.8) is 0 Å². The molecule has 188 valence electrons. The number of rotatable bonds is 8. The summed E-state index contributed by atoms with van der Waals surface area (Å²) in [7, 11) is 0. The Kier molecular flexibility index (Phi) is 8.31. The first kappa shape index (κ1) is 26.2. The molecular weight excluding hydrogens is 529 g/mol. The van der Waals surface area contributed by atoms with Crippen molar-refractivity contribution in [2.75, 3.05) is 6.61 Å². The molecule has 1 aromatic heterocycles. The van der Waals surface area contributed by atoms with Crippen LogP contribution in [-0.2, 0) is 9.63 Å². The highest BCUT2D eigenvalue weighted by atomic mass is 35.5. The molecule has 1 amide bonds. The second-order valence-corrected chi connectivity index (χ2v) is 9.87. The third kappa shape index (κ3) is 6.07. The van der Waals surface area contributed by atoms with Crippen molar-refractivity contribution in [1.29, 1.82) is 0 Å². The number of aliphatic carboxylic acids is 1. The molecule has 1 heterocycles. The van der Waals surface area contributed by atoms with Crippen molar-refractivity contribution in [2.24, 2.45) is 11.8 Å². The van der Waals surface area contributed by atoms with E-state index >= 15 is 0 Å². The predicted octanol–water partition coefficient (Wildman–Crippen LogP) is 5.41. The molecule has 36 heavy (non-hydrogen) atoms. The van der Waals surface area contributed by atoms with Crippen LogP contribution in [0.5, 0.6) is 0 Å². The number of amides is 1. The number of benzene rings is 2. The number of hydrogen-bond acceptors (Lipinski definition) is 5. The van der Waals surface area contributed by atoms with Crippen LogP contribution >= 0.6 is 34.8 Å². The summed E-state index contributed by atoms with van der Waals surface area (Å²) in [6.45, 7) is 0.201. The molecule has 2 atom stereocenters. The second kappa shape index (κ2) is 11.4. The van der Waals surface area contributed by atoms with Crippen LogP contribution in [0.15, 0.2) is 53.3 Å². The summed E-state index contributed by atoms with van der Waals surface area (Å²) in [6, 6.07) is 13.3. The number of carbonyl (C=O) groups is 2. The topological polar surface area (TPSA) is 111 Å². The molecule has 0 aliphatic heterocycles. The van der Waals surface area contributed by atoms with Crippen molar-refractivity contribution in [2.45, 2.75) is 25.7 Å². The van der Waals surface area contributed by atoms with Gasteiger partial charge >= 0.3 is 5.97 Å². The third-order valence-corrected chi connectivity index (χ3v) is 6.80. The zero-order valence-electron chi connectivity index (χ0n) is 18.9. The summed E-state index contributed by atoms with van der Waals surface area (Å²) >= 11 is 18.9. The van der Waals surface area contributed by atoms with Gasteiger partial charge in [0.2, 0.25) is 5.43 Å². The fourth-order valence-corrected chi connectivity index (χ4v) is 5.35. The molecule has 3 aromatic rings. The van der Waals surface area contributed by atoms with Crippen molar-refractivity contribution < 1.29 is 19.5 Å². The van der Waals surface area contributed by atoms with Crippen LogP contribution in [0.25, 0.3) is 16.9 Å². The lowest BCUT2D eigenvalue weighted by atomic mass is 10.0. The first-order valence-electron chi connectivity index (χ1n) is 11.2.